The van der Waals surface area contributed by atoms with Crippen molar-refractivity contribution in [3.63, 3.8) is 0 Å². The number of rotatable bonds is 7. The first-order valence-corrected chi connectivity index (χ1v) is 11.9. The lowest BCUT2D eigenvalue weighted by atomic mass is 9.92. The van der Waals surface area contributed by atoms with E-state index in [1.807, 2.05) is 51.1 Å². The van der Waals surface area contributed by atoms with Crippen LogP contribution in [-0.2, 0) is 27.3 Å². The minimum atomic E-state index is -0.505. The van der Waals surface area contributed by atoms with E-state index in [9.17, 15) is 9.59 Å². The summed E-state index contributed by atoms with van der Waals surface area (Å²) in [6.07, 6.45) is 0.974. The van der Waals surface area contributed by atoms with Crippen molar-refractivity contribution in [3.05, 3.63) is 59.0 Å². The van der Waals surface area contributed by atoms with Crippen LogP contribution in [0.1, 0.15) is 49.0 Å². The number of furan rings is 1. The predicted molar refractivity (Wildman–Crippen MR) is 126 cm³/mol. The van der Waals surface area contributed by atoms with Gasteiger partial charge in [0, 0.05) is 39.0 Å². The summed E-state index contributed by atoms with van der Waals surface area (Å²) in [4.78, 5) is 30.6. The van der Waals surface area contributed by atoms with Crippen molar-refractivity contribution >= 4 is 11.8 Å². The average molecular weight is 454 g/mol. The highest BCUT2D eigenvalue weighted by Crippen LogP contribution is 2.26. The van der Waals surface area contributed by atoms with Crippen LogP contribution in [0.15, 0.2) is 40.8 Å². The molecule has 7 nitrogen and oxygen atoms in total. The third-order valence-corrected chi connectivity index (χ3v) is 6.50. The molecule has 0 saturated carbocycles. The van der Waals surface area contributed by atoms with Gasteiger partial charge in [-0.15, -0.1) is 0 Å². The van der Waals surface area contributed by atoms with Crippen molar-refractivity contribution in [1.82, 2.24) is 15.1 Å². The molecule has 1 fully saturated rings. The molecule has 0 radical (unpaired) electrons. The van der Waals surface area contributed by atoms with Crippen LogP contribution in [0.5, 0.6) is 0 Å². The molecule has 3 heterocycles. The van der Waals surface area contributed by atoms with Crippen LogP contribution in [0, 0.1) is 12.8 Å². The fourth-order valence-corrected chi connectivity index (χ4v) is 4.73. The number of hydrogen-bond donors (Lipinski definition) is 1. The Bertz CT molecular complexity index is 964. The molecular weight excluding hydrogens is 418 g/mol. The summed E-state index contributed by atoms with van der Waals surface area (Å²) in [5.41, 5.74) is 2.26. The minimum absolute atomic E-state index is 0.0334. The second-order valence-electron chi connectivity index (χ2n) is 9.47. The second kappa shape index (κ2) is 10.5. The van der Waals surface area contributed by atoms with Gasteiger partial charge >= 0.3 is 0 Å². The normalized spacial score (nSPS) is 19.9. The van der Waals surface area contributed by atoms with Crippen LogP contribution in [0.2, 0.25) is 0 Å². The van der Waals surface area contributed by atoms with Crippen LogP contribution in [0.4, 0.5) is 0 Å². The van der Waals surface area contributed by atoms with E-state index in [0.29, 0.717) is 39.1 Å². The van der Waals surface area contributed by atoms with Gasteiger partial charge in [-0.05, 0) is 36.1 Å². The zero-order chi connectivity index (χ0) is 23.4. The average Bonchev–Trinajstić information content (AvgIpc) is 3.24. The topological polar surface area (TPSA) is 75.0 Å². The molecule has 33 heavy (non-hydrogen) atoms. The summed E-state index contributed by atoms with van der Waals surface area (Å²) in [5.74, 6) is 1.86. The van der Waals surface area contributed by atoms with Gasteiger partial charge in [0.25, 0.3) is 0 Å². The smallest absolute Gasteiger partial charge is 0.243 e. The zero-order valence-electron chi connectivity index (χ0n) is 19.9. The molecule has 1 aromatic carbocycles. The number of aryl methyl sites for hydroxylation is 1. The third kappa shape index (κ3) is 5.65. The van der Waals surface area contributed by atoms with Gasteiger partial charge in [0.05, 0.1) is 19.3 Å². The number of benzene rings is 1. The van der Waals surface area contributed by atoms with Crippen LogP contribution in [0.3, 0.4) is 0 Å². The van der Waals surface area contributed by atoms with Gasteiger partial charge in [-0.1, -0.05) is 38.1 Å². The fourth-order valence-electron chi connectivity index (χ4n) is 4.73. The van der Waals surface area contributed by atoms with Crippen LogP contribution in [-0.4, -0.2) is 60.5 Å². The number of fused-ring (bicyclic) bond motifs is 1. The monoisotopic (exact) mass is 453 g/mol. The molecule has 1 saturated heterocycles. The van der Waals surface area contributed by atoms with Crippen molar-refractivity contribution in [1.29, 1.82) is 0 Å². The highest BCUT2D eigenvalue weighted by molar-refractivity contribution is 5.88. The Morgan fingerprint density at radius 1 is 1.09 bits per heavy atom. The maximum absolute atomic E-state index is 13.5. The van der Waals surface area contributed by atoms with E-state index in [2.05, 4.69) is 16.3 Å². The SMILES string of the molecule is Cc1ccc(C(CNC(=O)C2Cc3ccccc3CN2C(=O)CC(C)C)N2CCOCC2)o1. The highest BCUT2D eigenvalue weighted by Gasteiger charge is 2.35. The summed E-state index contributed by atoms with van der Waals surface area (Å²) in [6.45, 7) is 9.80. The molecule has 1 N–H and O–H groups in total. The molecule has 178 valence electrons. The van der Waals surface area contributed by atoms with Crippen LogP contribution < -0.4 is 5.32 Å². The van der Waals surface area contributed by atoms with E-state index < -0.39 is 6.04 Å². The molecule has 1 aromatic heterocycles. The van der Waals surface area contributed by atoms with Gasteiger partial charge < -0.3 is 19.4 Å². The summed E-state index contributed by atoms with van der Waals surface area (Å²) < 4.78 is 11.4. The molecule has 2 amide bonds. The molecule has 2 aromatic rings. The predicted octanol–water partition coefficient (Wildman–Crippen LogP) is 3.08. The van der Waals surface area contributed by atoms with Gasteiger partial charge in [0.2, 0.25) is 11.8 Å². The number of carbonyl (C=O) groups is 2. The van der Waals surface area contributed by atoms with E-state index in [1.165, 1.54) is 0 Å². The van der Waals surface area contributed by atoms with Crippen molar-refractivity contribution in [2.24, 2.45) is 5.92 Å². The van der Waals surface area contributed by atoms with E-state index in [0.717, 1.165) is 35.7 Å². The number of ether oxygens (including phenoxy) is 1. The van der Waals surface area contributed by atoms with Gasteiger partial charge in [0.15, 0.2) is 0 Å². The molecule has 2 aliphatic heterocycles. The molecule has 7 heteroatoms. The highest BCUT2D eigenvalue weighted by atomic mass is 16.5. The van der Waals surface area contributed by atoms with Crippen LogP contribution >= 0.6 is 0 Å². The van der Waals surface area contributed by atoms with Crippen molar-refractivity contribution < 1.29 is 18.7 Å². The second-order valence-corrected chi connectivity index (χ2v) is 9.47. The Labute approximate surface area is 196 Å². The Morgan fingerprint density at radius 2 is 1.82 bits per heavy atom. The van der Waals surface area contributed by atoms with Gasteiger partial charge in [-0.25, -0.2) is 0 Å². The third-order valence-electron chi connectivity index (χ3n) is 6.50. The molecule has 2 unspecified atom stereocenters. The first-order chi connectivity index (χ1) is 15.9. The minimum Gasteiger partial charge on any atom is -0.465 e. The number of nitrogens with one attached hydrogen (secondary N) is 1. The van der Waals surface area contributed by atoms with Crippen molar-refractivity contribution in [3.8, 4) is 0 Å². The molecule has 0 aliphatic carbocycles. The Morgan fingerprint density at radius 3 is 2.48 bits per heavy atom. The molecule has 0 bridgehead atoms. The van der Waals surface area contributed by atoms with Crippen molar-refractivity contribution in [2.75, 3.05) is 32.8 Å². The van der Waals surface area contributed by atoms with E-state index in [1.54, 1.807) is 4.90 Å². The lowest BCUT2D eigenvalue weighted by molar-refractivity contribution is -0.142. The summed E-state index contributed by atoms with van der Waals surface area (Å²) >= 11 is 0. The van der Waals surface area contributed by atoms with E-state index >= 15 is 0 Å². The van der Waals surface area contributed by atoms with E-state index in [-0.39, 0.29) is 23.8 Å². The quantitative estimate of drug-likeness (QED) is 0.697. The Balaban J connectivity index is 1.50. The van der Waals surface area contributed by atoms with E-state index in [4.69, 9.17) is 9.15 Å². The summed E-state index contributed by atoms with van der Waals surface area (Å²) in [7, 11) is 0. The maximum atomic E-state index is 13.5. The number of hydrogen-bond acceptors (Lipinski definition) is 5. The maximum Gasteiger partial charge on any atom is 0.243 e. The standard InChI is InChI=1S/C26H35N3O4/c1-18(2)14-25(30)29-17-21-7-5-4-6-20(21)15-22(29)26(31)27-16-23(24-9-8-19(3)33-24)28-10-12-32-13-11-28/h4-9,18,22-23H,10-17H2,1-3H3,(H,27,31). The Kier molecular flexibility index (Phi) is 7.50. The van der Waals surface area contributed by atoms with Gasteiger partial charge in [-0.2, -0.15) is 0 Å². The Hall–Kier alpha value is -2.64. The van der Waals surface area contributed by atoms with Gasteiger partial charge in [-0.3, -0.25) is 14.5 Å². The number of morpholine rings is 1. The van der Waals surface area contributed by atoms with Crippen molar-refractivity contribution in [2.45, 2.75) is 52.2 Å². The lowest BCUT2D eigenvalue weighted by Crippen LogP contribution is -2.54. The summed E-state index contributed by atoms with van der Waals surface area (Å²) in [5, 5.41) is 3.15. The molecule has 4 rings (SSSR count). The number of nitrogens with zero attached hydrogens (tertiary/aromatic N) is 2. The first kappa shape index (κ1) is 23.5. The molecular formula is C26H35N3O4. The molecule has 2 aliphatic rings. The molecule has 0 spiro atoms. The van der Waals surface area contributed by atoms with Crippen LogP contribution in [0.25, 0.3) is 0 Å². The largest absolute Gasteiger partial charge is 0.465 e. The number of amides is 2. The first-order valence-electron chi connectivity index (χ1n) is 11.9. The molecule has 2 atom stereocenters. The fraction of sp³-hybridized carbons (Fsp3) is 0.538. The van der Waals surface area contributed by atoms with Gasteiger partial charge in [0.1, 0.15) is 17.6 Å². The number of carbonyl (C=O) groups excluding carboxylic acids is 2. The zero-order valence-corrected chi connectivity index (χ0v) is 19.9. The lowest BCUT2D eigenvalue weighted by Gasteiger charge is -2.37. The summed E-state index contributed by atoms with van der Waals surface area (Å²) in [6, 6.07) is 11.5.